The zero-order valence-electron chi connectivity index (χ0n) is 16.3. The molecule has 27 heavy (non-hydrogen) atoms. The Hall–Kier alpha value is -2.33. The lowest BCUT2D eigenvalue weighted by molar-refractivity contribution is -0.00717. The minimum Gasteiger partial charge on any atom is -0.378 e. The number of rotatable bonds is 6. The Bertz CT molecular complexity index is 730. The molecule has 0 aliphatic carbocycles. The van der Waals surface area contributed by atoms with Crippen LogP contribution in [0.15, 0.2) is 54.6 Å². The van der Waals surface area contributed by atoms with Crippen molar-refractivity contribution in [2.75, 3.05) is 11.9 Å². The molecule has 4 nitrogen and oxygen atoms in total. The first-order valence-corrected chi connectivity index (χ1v) is 9.91. The van der Waals surface area contributed by atoms with Crippen molar-refractivity contribution in [3.05, 3.63) is 65.7 Å². The molecule has 4 heteroatoms. The number of hydrogen-bond donors (Lipinski definition) is 2. The summed E-state index contributed by atoms with van der Waals surface area (Å²) in [7, 11) is 0. The van der Waals surface area contributed by atoms with E-state index in [1.807, 2.05) is 36.4 Å². The van der Waals surface area contributed by atoms with Crippen molar-refractivity contribution in [3.63, 3.8) is 0 Å². The second-order valence-corrected chi connectivity index (χ2v) is 7.76. The van der Waals surface area contributed by atoms with Crippen molar-refractivity contribution in [2.45, 2.75) is 51.7 Å². The van der Waals surface area contributed by atoms with Crippen LogP contribution < -0.4 is 10.6 Å². The van der Waals surface area contributed by atoms with Crippen LogP contribution in [0.3, 0.4) is 0 Å². The second kappa shape index (κ2) is 9.56. The molecule has 1 fully saturated rings. The summed E-state index contributed by atoms with van der Waals surface area (Å²) in [4.78, 5) is 12.6. The Morgan fingerprint density at radius 2 is 1.85 bits per heavy atom. The smallest absolute Gasteiger partial charge is 0.319 e. The third-order valence-electron chi connectivity index (χ3n) is 4.94. The monoisotopic (exact) mass is 366 g/mol. The van der Waals surface area contributed by atoms with E-state index in [4.69, 9.17) is 4.74 Å². The van der Waals surface area contributed by atoms with Crippen molar-refractivity contribution in [2.24, 2.45) is 5.92 Å². The molecule has 2 atom stereocenters. The fourth-order valence-corrected chi connectivity index (χ4v) is 3.66. The first-order chi connectivity index (χ1) is 13.1. The summed E-state index contributed by atoms with van der Waals surface area (Å²) in [5.41, 5.74) is 3.21. The molecule has 0 unspecified atom stereocenters. The van der Waals surface area contributed by atoms with Crippen molar-refractivity contribution in [1.82, 2.24) is 5.32 Å². The zero-order valence-corrected chi connectivity index (χ0v) is 16.3. The van der Waals surface area contributed by atoms with Gasteiger partial charge in [0.2, 0.25) is 0 Å². The minimum atomic E-state index is -0.134. The van der Waals surface area contributed by atoms with Gasteiger partial charge in [-0.05, 0) is 48.8 Å². The molecular weight excluding hydrogens is 336 g/mol. The number of hydrogen-bond acceptors (Lipinski definition) is 2. The molecule has 0 aromatic heterocycles. The molecule has 2 amide bonds. The number of benzene rings is 2. The number of urea groups is 1. The molecule has 1 heterocycles. The molecule has 3 rings (SSSR count). The number of carbonyl (C=O) groups excluding carboxylic acids is 1. The topological polar surface area (TPSA) is 50.4 Å². The number of amides is 2. The average Bonchev–Trinajstić information content (AvgIpc) is 2.64. The van der Waals surface area contributed by atoms with E-state index in [9.17, 15) is 4.79 Å². The maximum Gasteiger partial charge on any atom is 0.319 e. The largest absolute Gasteiger partial charge is 0.378 e. The molecule has 144 valence electrons. The Morgan fingerprint density at radius 1 is 1.11 bits per heavy atom. The molecule has 0 radical (unpaired) electrons. The van der Waals surface area contributed by atoms with Crippen LogP contribution in [-0.4, -0.2) is 24.8 Å². The van der Waals surface area contributed by atoms with E-state index in [0.717, 1.165) is 36.9 Å². The third-order valence-corrected chi connectivity index (χ3v) is 4.94. The molecule has 1 aliphatic heterocycles. The van der Waals surface area contributed by atoms with Crippen LogP contribution >= 0.6 is 0 Å². The van der Waals surface area contributed by atoms with E-state index < -0.39 is 0 Å². The van der Waals surface area contributed by atoms with E-state index in [2.05, 4.69) is 42.7 Å². The van der Waals surface area contributed by atoms with Crippen LogP contribution in [0.1, 0.15) is 44.2 Å². The van der Waals surface area contributed by atoms with E-state index in [1.54, 1.807) is 0 Å². The van der Waals surface area contributed by atoms with Gasteiger partial charge < -0.3 is 15.4 Å². The van der Waals surface area contributed by atoms with Gasteiger partial charge in [-0.15, -0.1) is 0 Å². The molecule has 1 aliphatic rings. The number of para-hydroxylation sites is 1. The van der Waals surface area contributed by atoms with Crippen LogP contribution in [0.4, 0.5) is 10.5 Å². The van der Waals surface area contributed by atoms with Crippen LogP contribution in [0, 0.1) is 5.92 Å². The number of ether oxygens (including phenoxy) is 1. The first kappa shape index (κ1) is 19.4. The van der Waals surface area contributed by atoms with Crippen LogP contribution in [0.25, 0.3) is 0 Å². The van der Waals surface area contributed by atoms with Gasteiger partial charge in [0.25, 0.3) is 0 Å². The lowest BCUT2D eigenvalue weighted by atomic mass is 9.96. The van der Waals surface area contributed by atoms with Crippen LogP contribution in [0.5, 0.6) is 0 Å². The number of nitrogens with one attached hydrogen (secondary N) is 2. The lowest BCUT2D eigenvalue weighted by Gasteiger charge is -2.31. The molecule has 0 bridgehead atoms. The van der Waals surface area contributed by atoms with Crippen LogP contribution in [-0.2, 0) is 11.2 Å². The summed E-state index contributed by atoms with van der Waals surface area (Å²) in [6.07, 6.45) is 3.84. The fraction of sp³-hybridized carbons (Fsp3) is 0.435. The van der Waals surface area contributed by atoms with E-state index >= 15 is 0 Å². The van der Waals surface area contributed by atoms with Gasteiger partial charge in [0.05, 0.1) is 6.10 Å². The molecule has 2 aromatic carbocycles. The van der Waals surface area contributed by atoms with Gasteiger partial charge in [0.15, 0.2) is 0 Å². The maximum absolute atomic E-state index is 12.6. The summed E-state index contributed by atoms with van der Waals surface area (Å²) >= 11 is 0. The maximum atomic E-state index is 12.6. The standard InChI is InChI=1S/C23H30N2O2/c1-17(2)14-21-16-20(12-13-27-21)24-23(26)25-22-11-7-6-10-19(22)15-18-8-4-3-5-9-18/h3-11,17,20-21H,12-16H2,1-2H3,(H2,24,25,26)/t20-,21-/m1/s1. The minimum absolute atomic E-state index is 0.134. The first-order valence-electron chi connectivity index (χ1n) is 9.91. The lowest BCUT2D eigenvalue weighted by Crippen LogP contribution is -2.44. The SMILES string of the molecule is CC(C)C[C@@H]1C[C@H](NC(=O)Nc2ccccc2Cc2ccccc2)CCO1. The van der Waals surface area contributed by atoms with Gasteiger partial charge in [-0.1, -0.05) is 62.4 Å². The normalized spacial score (nSPS) is 19.7. The van der Waals surface area contributed by atoms with Crippen molar-refractivity contribution in [3.8, 4) is 0 Å². The van der Waals surface area contributed by atoms with Crippen molar-refractivity contribution < 1.29 is 9.53 Å². The van der Waals surface area contributed by atoms with E-state index in [-0.39, 0.29) is 18.2 Å². The Kier molecular flexibility index (Phi) is 6.88. The highest BCUT2D eigenvalue weighted by Crippen LogP contribution is 2.21. The second-order valence-electron chi connectivity index (χ2n) is 7.76. The van der Waals surface area contributed by atoms with Crippen molar-refractivity contribution in [1.29, 1.82) is 0 Å². The molecular formula is C23H30N2O2. The predicted molar refractivity (Wildman–Crippen MR) is 110 cm³/mol. The third kappa shape index (κ3) is 6.10. The number of anilines is 1. The molecule has 0 spiro atoms. The van der Waals surface area contributed by atoms with Crippen LogP contribution in [0.2, 0.25) is 0 Å². The summed E-state index contributed by atoms with van der Waals surface area (Å²) < 4.78 is 5.83. The molecule has 0 saturated carbocycles. The summed E-state index contributed by atoms with van der Waals surface area (Å²) in [5.74, 6) is 0.604. The van der Waals surface area contributed by atoms with Gasteiger partial charge in [-0.25, -0.2) is 4.79 Å². The van der Waals surface area contributed by atoms with E-state index in [0.29, 0.717) is 12.5 Å². The van der Waals surface area contributed by atoms with Gasteiger partial charge in [-0.3, -0.25) is 0 Å². The summed E-state index contributed by atoms with van der Waals surface area (Å²) in [5, 5.41) is 6.17. The van der Waals surface area contributed by atoms with Crippen molar-refractivity contribution >= 4 is 11.7 Å². The van der Waals surface area contributed by atoms with Gasteiger partial charge >= 0.3 is 6.03 Å². The van der Waals surface area contributed by atoms with E-state index in [1.165, 1.54) is 5.56 Å². The molecule has 2 N–H and O–H groups in total. The Balaban J connectivity index is 1.58. The highest BCUT2D eigenvalue weighted by molar-refractivity contribution is 5.90. The summed E-state index contributed by atoms with van der Waals surface area (Å²) in [6, 6.07) is 18.3. The predicted octanol–water partition coefficient (Wildman–Crippen LogP) is 4.99. The quantitative estimate of drug-likeness (QED) is 0.756. The summed E-state index contributed by atoms with van der Waals surface area (Å²) in [6.45, 7) is 5.13. The van der Waals surface area contributed by atoms with Gasteiger partial charge in [0, 0.05) is 18.3 Å². The highest BCUT2D eigenvalue weighted by atomic mass is 16.5. The highest BCUT2D eigenvalue weighted by Gasteiger charge is 2.24. The number of carbonyl (C=O) groups is 1. The van der Waals surface area contributed by atoms with Gasteiger partial charge in [-0.2, -0.15) is 0 Å². The Labute approximate surface area is 162 Å². The molecule has 2 aromatic rings. The Morgan fingerprint density at radius 3 is 2.63 bits per heavy atom. The molecule has 1 saturated heterocycles. The zero-order chi connectivity index (χ0) is 19.1. The van der Waals surface area contributed by atoms with Gasteiger partial charge in [0.1, 0.15) is 0 Å². The fourth-order valence-electron chi connectivity index (χ4n) is 3.66. The average molecular weight is 367 g/mol.